The molecule has 0 bridgehead atoms. The fraction of sp³-hybridized carbons (Fsp3) is 0.296. The Morgan fingerprint density at radius 1 is 0.879 bits per heavy atom. The van der Waals surface area contributed by atoms with E-state index in [1.165, 1.54) is 7.11 Å². The summed E-state index contributed by atoms with van der Waals surface area (Å²) in [5.41, 5.74) is 3.49. The molecule has 0 aromatic heterocycles. The Kier molecular flexibility index (Phi) is 9.01. The zero-order valence-corrected chi connectivity index (χ0v) is 19.0. The first-order valence-corrected chi connectivity index (χ1v) is 11.0. The van der Waals surface area contributed by atoms with Crippen LogP contribution in [0.5, 0.6) is 5.75 Å². The molecule has 3 aromatic rings. The highest BCUT2D eigenvalue weighted by atomic mass is 16.5. The molecule has 0 amide bonds. The number of carbonyl (C=O) groups is 1. The van der Waals surface area contributed by atoms with Crippen LogP contribution in [0.15, 0.2) is 78.9 Å². The van der Waals surface area contributed by atoms with Crippen LogP contribution in [-0.4, -0.2) is 35.9 Å². The summed E-state index contributed by atoms with van der Waals surface area (Å²) >= 11 is 0. The second-order valence-electron chi connectivity index (χ2n) is 8.04. The molecular weight excluding hydrogens is 418 g/mol. The van der Waals surface area contributed by atoms with Crippen LogP contribution in [0.1, 0.15) is 41.4 Å². The molecule has 0 radical (unpaired) electrons. The van der Waals surface area contributed by atoms with E-state index in [4.69, 9.17) is 4.74 Å². The van der Waals surface area contributed by atoms with Crippen molar-refractivity contribution in [1.82, 2.24) is 5.32 Å². The van der Waals surface area contributed by atoms with Crippen LogP contribution in [0.3, 0.4) is 0 Å². The Bertz CT molecular complexity index is 989. The van der Waals surface area contributed by atoms with Gasteiger partial charge in [0.15, 0.2) is 6.10 Å². The van der Waals surface area contributed by atoms with E-state index in [0.717, 1.165) is 28.9 Å². The molecule has 3 aromatic carbocycles. The number of benzene rings is 3. The summed E-state index contributed by atoms with van der Waals surface area (Å²) in [4.78, 5) is 11.4. The predicted molar refractivity (Wildman–Crippen MR) is 127 cm³/mol. The lowest BCUT2D eigenvalue weighted by Crippen LogP contribution is -2.32. The third-order valence-electron chi connectivity index (χ3n) is 5.43. The molecule has 3 atom stereocenters. The second-order valence-corrected chi connectivity index (χ2v) is 8.04. The summed E-state index contributed by atoms with van der Waals surface area (Å²) in [6.07, 6.45) is -1.16. The molecule has 6 nitrogen and oxygen atoms in total. The lowest BCUT2D eigenvalue weighted by atomic mass is 10.0. The Hall–Kier alpha value is -3.19. The van der Waals surface area contributed by atoms with E-state index in [2.05, 4.69) is 10.1 Å². The summed E-state index contributed by atoms with van der Waals surface area (Å²) < 4.78 is 10.4. The van der Waals surface area contributed by atoms with Crippen molar-refractivity contribution in [3.63, 3.8) is 0 Å². The van der Waals surface area contributed by atoms with Crippen molar-refractivity contribution in [2.24, 2.45) is 0 Å². The minimum Gasteiger partial charge on any atom is -0.489 e. The highest BCUT2D eigenvalue weighted by molar-refractivity contribution is 5.76. The van der Waals surface area contributed by atoms with Gasteiger partial charge in [0.1, 0.15) is 12.4 Å². The number of aliphatic hydroxyl groups excluding tert-OH is 2. The number of carbonyl (C=O) groups excluding carboxylic acids is 1. The number of methoxy groups -OCH3 is 1. The molecular formula is C27H31NO5. The van der Waals surface area contributed by atoms with Crippen LogP contribution in [0, 0.1) is 0 Å². The van der Waals surface area contributed by atoms with E-state index in [9.17, 15) is 15.0 Å². The normalized spacial score (nSPS) is 13.7. The molecule has 0 saturated heterocycles. The molecule has 0 heterocycles. The van der Waals surface area contributed by atoms with Crippen LogP contribution in [0.2, 0.25) is 0 Å². The van der Waals surface area contributed by atoms with Gasteiger partial charge < -0.3 is 25.0 Å². The van der Waals surface area contributed by atoms with Crippen LogP contribution in [-0.2, 0) is 22.6 Å². The highest BCUT2D eigenvalue weighted by Gasteiger charge is 2.17. The van der Waals surface area contributed by atoms with E-state index >= 15 is 0 Å². The monoisotopic (exact) mass is 449 g/mol. The molecule has 0 aliphatic heterocycles. The third kappa shape index (κ3) is 7.43. The maximum Gasteiger partial charge on any atom is 0.339 e. The molecule has 0 spiro atoms. The van der Waals surface area contributed by atoms with Crippen molar-refractivity contribution in [2.45, 2.75) is 38.2 Å². The number of aliphatic hydroxyl groups is 2. The molecule has 33 heavy (non-hydrogen) atoms. The topological polar surface area (TPSA) is 88.0 Å². The first-order valence-electron chi connectivity index (χ1n) is 11.0. The summed E-state index contributed by atoms with van der Waals surface area (Å²) in [6.45, 7) is 2.97. The van der Waals surface area contributed by atoms with Crippen molar-refractivity contribution in [3.05, 3.63) is 101 Å². The quantitative estimate of drug-likeness (QED) is 0.387. The third-order valence-corrected chi connectivity index (χ3v) is 5.43. The minimum atomic E-state index is -1.27. The SMILES string of the molecule is COC(=O)[C@H](O)c1ccc(CC(C)NCC(O)c2ccc(OCc3ccccc3)cc2)cc1. The average molecular weight is 450 g/mol. The Morgan fingerprint density at radius 2 is 1.52 bits per heavy atom. The number of rotatable bonds is 11. The summed E-state index contributed by atoms with van der Waals surface area (Å²) in [5.74, 6) is 0.0828. The molecule has 3 N–H and O–H groups in total. The van der Waals surface area contributed by atoms with E-state index < -0.39 is 18.2 Å². The number of hydrogen-bond donors (Lipinski definition) is 3. The highest BCUT2D eigenvalue weighted by Crippen LogP contribution is 2.19. The molecule has 3 rings (SSSR count). The van der Waals surface area contributed by atoms with Gasteiger partial charge in [0, 0.05) is 12.6 Å². The van der Waals surface area contributed by atoms with Gasteiger partial charge in [0.25, 0.3) is 0 Å². The van der Waals surface area contributed by atoms with Crippen molar-refractivity contribution in [2.75, 3.05) is 13.7 Å². The van der Waals surface area contributed by atoms with Gasteiger partial charge >= 0.3 is 5.97 Å². The average Bonchev–Trinajstić information content (AvgIpc) is 2.86. The van der Waals surface area contributed by atoms with Crippen LogP contribution in [0.4, 0.5) is 0 Å². The minimum absolute atomic E-state index is 0.129. The zero-order chi connectivity index (χ0) is 23.6. The molecule has 0 aliphatic carbocycles. The van der Waals surface area contributed by atoms with Crippen LogP contribution in [0.25, 0.3) is 0 Å². The van der Waals surface area contributed by atoms with E-state index in [1.807, 2.05) is 73.7 Å². The zero-order valence-electron chi connectivity index (χ0n) is 19.0. The molecule has 0 saturated carbocycles. The van der Waals surface area contributed by atoms with E-state index in [-0.39, 0.29) is 6.04 Å². The van der Waals surface area contributed by atoms with Gasteiger partial charge in [-0.05, 0) is 47.7 Å². The van der Waals surface area contributed by atoms with Crippen LogP contribution >= 0.6 is 0 Å². The summed E-state index contributed by atoms with van der Waals surface area (Å²) in [5, 5.41) is 23.8. The van der Waals surface area contributed by atoms with Gasteiger partial charge in [-0.15, -0.1) is 0 Å². The Morgan fingerprint density at radius 3 is 2.15 bits per heavy atom. The van der Waals surface area contributed by atoms with Gasteiger partial charge in [-0.3, -0.25) is 0 Å². The van der Waals surface area contributed by atoms with E-state index in [1.54, 1.807) is 12.1 Å². The fourth-order valence-electron chi connectivity index (χ4n) is 3.47. The second kappa shape index (κ2) is 12.2. The lowest BCUT2D eigenvalue weighted by molar-refractivity contribution is -0.150. The molecule has 2 unspecified atom stereocenters. The number of nitrogens with one attached hydrogen (secondary N) is 1. The Balaban J connectivity index is 1.44. The Labute approximate surface area is 194 Å². The van der Waals surface area contributed by atoms with Crippen LogP contribution < -0.4 is 10.1 Å². The number of hydrogen-bond acceptors (Lipinski definition) is 6. The molecule has 174 valence electrons. The maximum absolute atomic E-state index is 11.4. The molecule has 0 aliphatic rings. The van der Waals surface area contributed by atoms with Gasteiger partial charge in [-0.2, -0.15) is 0 Å². The van der Waals surface area contributed by atoms with Crippen molar-refractivity contribution in [1.29, 1.82) is 0 Å². The lowest BCUT2D eigenvalue weighted by Gasteiger charge is -2.18. The standard InChI is InChI=1S/C27H31NO5/c1-19(16-20-8-10-23(11-9-20)26(30)27(31)32-2)28-17-25(29)22-12-14-24(15-13-22)33-18-21-6-4-3-5-7-21/h3-15,19,25-26,28-30H,16-18H2,1-2H3/t19?,25?,26-/m1/s1. The van der Waals surface area contributed by atoms with Gasteiger partial charge in [-0.25, -0.2) is 4.79 Å². The maximum atomic E-state index is 11.4. The first-order chi connectivity index (χ1) is 16.0. The van der Waals surface area contributed by atoms with Crippen molar-refractivity contribution in [3.8, 4) is 5.75 Å². The summed E-state index contributed by atoms with van der Waals surface area (Å²) in [6, 6.07) is 24.8. The smallest absolute Gasteiger partial charge is 0.339 e. The van der Waals surface area contributed by atoms with Crippen molar-refractivity contribution < 1.29 is 24.5 Å². The van der Waals surface area contributed by atoms with Gasteiger partial charge in [0.2, 0.25) is 0 Å². The van der Waals surface area contributed by atoms with Gasteiger partial charge in [0.05, 0.1) is 13.2 Å². The number of esters is 1. The predicted octanol–water partition coefficient (Wildman–Crippen LogP) is 3.73. The fourth-order valence-corrected chi connectivity index (χ4v) is 3.47. The van der Waals surface area contributed by atoms with Crippen molar-refractivity contribution >= 4 is 5.97 Å². The molecule has 6 heteroatoms. The summed E-state index contributed by atoms with van der Waals surface area (Å²) in [7, 11) is 1.25. The largest absolute Gasteiger partial charge is 0.489 e. The van der Waals surface area contributed by atoms with E-state index in [0.29, 0.717) is 18.7 Å². The number of ether oxygens (including phenoxy) is 2. The first kappa shape index (κ1) is 24.5. The molecule has 0 fully saturated rings. The van der Waals surface area contributed by atoms with Gasteiger partial charge in [-0.1, -0.05) is 66.7 Å².